The average Bonchev–Trinajstić information content (AvgIpc) is 3.14. The zero-order valence-corrected chi connectivity index (χ0v) is 16.6. The molecule has 154 valence electrons. The van der Waals surface area contributed by atoms with Gasteiger partial charge >= 0.3 is 12.3 Å². The van der Waals surface area contributed by atoms with Crippen molar-refractivity contribution in [3.63, 3.8) is 0 Å². The SMILES string of the molecule is COC(=O)OC1=C(C)NC(C)=C(OC(=O)OC(C)C)C1c1cccc2nonc12. The summed E-state index contributed by atoms with van der Waals surface area (Å²) in [5.41, 5.74) is 2.58. The minimum absolute atomic E-state index is 0.185. The molecule has 1 unspecified atom stereocenters. The van der Waals surface area contributed by atoms with Crippen LogP contribution >= 0.6 is 0 Å². The largest absolute Gasteiger partial charge is 0.513 e. The highest BCUT2D eigenvalue weighted by Crippen LogP contribution is 2.41. The lowest BCUT2D eigenvalue weighted by Gasteiger charge is -2.30. The summed E-state index contributed by atoms with van der Waals surface area (Å²) in [6.07, 6.45) is -2.17. The van der Waals surface area contributed by atoms with E-state index in [0.29, 0.717) is 28.0 Å². The van der Waals surface area contributed by atoms with Gasteiger partial charge in [0.25, 0.3) is 0 Å². The lowest BCUT2D eigenvalue weighted by atomic mass is 9.89. The van der Waals surface area contributed by atoms with Gasteiger partial charge in [-0.05, 0) is 44.1 Å². The summed E-state index contributed by atoms with van der Waals surface area (Å²) in [4.78, 5) is 24.1. The lowest BCUT2D eigenvalue weighted by Crippen LogP contribution is -2.29. The third-order valence-corrected chi connectivity index (χ3v) is 4.15. The molecule has 1 N–H and O–H groups in total. The number of aromatic nitrogens is 2. The van der Waals surface area contributed by atoms with Gasteiger partial charge in [0.05, 0.1) is 24.6 Å². The van der Waals surface area contributed by atoms with Gasteiger partial charge in [0, 0.05) is 5.56 Å². The maximum absolute atomic E-state index is 12.2. The first-order valence-electron chi connectivity index (χ1n) is 8.85. The molecule has 1 aromatic carbocycles. The number of rotatable bonds is 4. The van der Waals surface area contributed by atoms with Crippen LogP contribution in [0.1, 0.15) is 39.2 Å². The van der Waals surface area contributed by atoms with Gasteiger partial charge in [0.1, 0.15) is 28.5 Å². The van der Waals surface area contributed by atoms with Gasteiger partial charge in [-0.1, -0.05) is 12.1 Å². The monoisotopic (exact) mass is 403 g/mol. The molecule has 0 aliphatic carbocycles. The summed E-state index contributed by atoms with van der Waals surface area (Å²) >= 11 is 0. The Balaban J connectivity index is 2.12. The van der Waals surface area contributed by atoms with Gasteiger partial charge in [-0.25, -0.2) is 14.2 Å². The predicted molar refractivity (Wildman–Crippen MR) is 99.3 cm³/mol. The molecule has 29 heavy (non-hydrogen) atoms. The van der Waals surface area contributed by atoms with Crippen molar-refractivity contribution in [1.29, 1.82) is 0 Å². The van der Waals surface area contributed by atoms with Crippen LogP contribution in [0.3, 0.4) is 0 Å². The van der Waals surface area contributed by atoms with Crippen LogP contribution in [0.15, 0.2) is 45.7 Å². The van der Waals surface area contributed by atoms with E-state index >= 15 is 0 Å². The van der Waals surface area contributed by atoms with Crippen molar-refractivity contribution in [2.24, 2.45) is 0 Å². The summed E-state index contributed by atoms with van der Waals surface area (Å²) in [6, 6.07) is 5.22. The van der Waals surface area contributed by atoms with Crippen molar-refractivity contribution in [3.8, 4) is 0 Å². The van der Waals surface area contributed by atoms with Crippen LogP contribution in [0.5, 0.6) is 0 Å². The van der Waals surface area contributed by atoms with Crippen LogP contribution in [-0.4, -0.2) is 35.8 Å². The first-order valence-corrected chi connectivity index (χ1v) is 8.85. The van der Waals surface area contributed by atoms with Gasteiger partial charge in [0.15, 0.2) is 0 Å². The number of ether oxygens (including phenoxy) is 4. The molecule has 0 radical (unpaired) electrons. The van der Waals surface area contributed by atoms with Crippen molar-refractivity contribution < 1.29 is 33.2 Å². The standard InChI is InChI=1S/C19H21N3O7/c1-9(2)26-19(24)28-17-11(4)20-10(3)16(27-18(23)25-5)14(17)12-7-6-8-13-15(12)22-29-21-13/h6-9,14,20H,1-5H3. The summed E-state index contributed by atoms with van der Waals surface area (Å²) in [5.74, 6) is -0.424. The minimum Gasteiger partial charge on any atom is -0.437 e. The summed E-state index contributed by atoms with van der Waals surface area (Å²) in [5, 5.41) is 10.8. The second-order valence-corrected chi connectivity index (χ2v) is 6.59. The third kappa shape index (κ3) is 4.15. The van der Waals surface area contributed by atoms with Crippen LogP contribution < -0.4 is 5.32 Å². The van der Waals surface area contributed by atoms with E-state index in [4.69, 9.17) is 18.8 Å². The molecule has 0 fully saturated rings. The zero-order valence-electron chi connectivity index (χ0n) is 16.6. The number of allylic oxidation sites excluding steroid dienone is 2. The number of carbonyl (C=O) groups excluding carboxylic acids is 2. The van der Waals surface area contributed by atoms with Gasteiger partial charge < -0.3 is 24.3 Å². The molecule has 3 rings (SSSR count). The highest BCUT2D eigenvalue weighted by Gasteiger charge is 2.37. The Bertz CT molecular complexity index is 1010. The van der Waals surface area contributed by atoms with E-state index < -0.39 is 18.2 Å². The second-order valence-electron chi connectivity index (χ2n) is 6.59. The summed E-state index contributed by atoms with van der Waals surface area (Å²) < 4.78 is 25.5. The lowest BCUT2D eigenvalue weighted by molar-refractivity contribution is 0.0469. The molecular formula is C19H21N3O7. The number of fused-ring (bicyclic) bond motifs is 1. The maximum Gasteiger partial charge on any atom is 0.513 e. The molecule has 1 aliphatic heterocycles. The molecule has 0 amide bonds. The fraction of sp³-hybridized carbons (Fsp3) is 0.368. The number of dihydropyridines is 1. The van der Waals surface area contributed by atoms with E-state index in [1.165, 1.54) is 7.11 Å². The van der Waals surface area contributed by atoms with E-state index in [9.17, 15) is 9.59 Å². The number of benzene rings is 1. The van der Waals surface area contributed by atoms with Crippen molar-refractivity contribution in [2.75, 3.05) is 7.11 Å². The maximum atomic E-state index is 12.2. The van der Waals surface area contributed by atoms with E-state index in [1.54, 1.807) is 45.9 Å². The predicted octanol–water partition coefficient (Wildman–Crippen LogP) is 3.72. The first kappa shape index (κ1) is 20.2. The fourth-order valence-corrected chi connectivity index (χ4v) is 3.01. The Hall–Kier alpha value is -3.56. The van der Waals surface area contributed by atoms with E-state index in [1.807, 2.05) is 0 Å². The number of nitrogens with one attached hydrogen (secondary N) is 1. The molecule has 1 atom stereocenters. The summed E-state index contributed by atoms with van der Waals surface area (Å²) in [7, 11) is 1.20. The Morgan fingerprint density at radius 1 is 1.07 bits per heavy atom. The van der Waals surface area contributed by atoms with Crippen LogP contribution in [0.25, 0.3) is 11.0 Å². The van der Waals surface area contributed by atoms with Gasteiger partial charge in [-0.15, -0.1) is 0 Å². The van der Waals surface area contributed by atoms with E-state index in [-0.39, 0.29) is 17.6 Å². The Labute approximate surface area is 166 Å². The molecule has 0 saturated carbocycles. The zero-order chi connectivity index (χ0) is 21.1. The van der Waals surface area contributed by atoms with Crippen LogP contribution in [0.2, 0.25) is 0 Å². The Morgan fingerprint density at radius 3 is 2.34 bits per heavy atom. The van der Waals surface area contributed by atoms with Gasteiger partial charge in [-0.2, -0.15) is 0 Å². The third-order valence-electron chi connectivity index (χ3n) is 4.15. The molecule has 10 nitrogen and oxygen atoms in total. The fourth-order valence-electron chi connectivity index (χ4n) is 3.01. The first-order chi connectivity index (χ1) is 13.8. The molecule has 0 bridgehead atoms. The topological polar surface area (TPSA) is 122 Å². The Kier molecular flexibility index (Phi) is 5.71. The second kappa shape index (κ2) is 8.21. The molecule has 10 heteroatoms. The van der Waals surface area contributed by atoms with E-state index in [2.05, 4.69) is 20.4 Å². The van der Waals surface area contributed by atoms with Crippen LogP contribution in [0, 0.1) is 0 Å². The molecule has 1 aliphatic rings. The number of hydrogen-bond acceptors (Lipinski definition) is 10. The molecular weight excluding hydrogens is 382 g/mol. The van der Waals surface area contributed by atoms with Crippen molar-refractivity contribution in [1.82, 2.24) is 15.6 Å². The van der Waals surface area contributed by atoms with Gasteiger partial charge in [0.2, 0.25) is 0 Å². The van der Waals surface area contributed by atoms with Gasteiger partial charge in [-0.3, -0.25) is 0 Å². The van der Waals surface area contributed by atoms with Crippen molar-refractivity contribution >= 4 is 23.3 Å². The number of carbonyl (C=O) groups is 2. The Morgan fingerprint density at radius 2 is 1.72 bits per heavy atom. The minimum atomic E-state index is -0.916. The van der Waals surface area contributed by atoms with E-state index in [0.717, 1.165) is 0 Å². The number of nitrogens with zero attached hydrogens (tertiary/aromatic N) is 2. The number of hydrogen-bond donors (Lipinski definition) is 1. The highest BCUT2D eigenvalue weighted by molar-refractivity contribution is 5.79. The smallest absolute Gasteiger partial charge is 0.437 e. The molecule has 1 aromatic heterocycles. The molecule has 2 heterocycles. The summed E-state index contributed by atoms with van der Waals surface area (Å²) in [6.45, 7) is 6.86. The average molecular weight is 403 g/mol. The van der Waals surface area contributed by atoms with Crippen LogP contribution in [-0.2, 0) is 18.9 Å². The van der Waals surface area contributed by atoms with Crippen molar-refractivity contribution in [3.05, 3.63) is 46.7 Å². The molecule has 0 saturated heterocycles. The number of methoxy groups -OCH3 is 1. The quantitative estimate of drug-likeness (QED) is 0.756. The van der Waals surface area contributed by atoms with Crippen molar-refractivity contribution in [2.45, 2.75) is 39.7 Å². The van der Waals surface area contributed by atoms with Crippen LogP contribution in [0.4, 0.5) is 9.59 Å². The molecule has 0 spiro atoms. The highest BCUT2D eigenvalue weighted by atomic mass is 16.7. The molecule has 2 aromatic rings. The normalized spacial score (nSPS) is 16.7.